The Morgan fingerprint density at radius 1 is 1.21 bits per heavy atom. The first-order valence-electron chi connectivity index (χ1n) is 9.58. The van der Waals surface area contributed by atoms with E-state index >= 15 is 0 Å². The van der Waals surface area contributed by atoms with E-state index in [2.05, 4.69) is 27.2 Å². The number of benzene rings is 2. The molecular weight excluding hydrogens is 391 g/mol. The van der Waals surface area contributed by atoms with Crippen molar-refractivity contribution in [2.45, 2.75) is 31.7 Å². The number of aromatic nitrogens is 2. The molecule has 4 rings (SSSR count). The van der Waals surface area contributed by atoms with Gasteiger partial charge in [0.05, 0.1) is 11.6 Å². The minimum Gasteiger partial charge on any atom is -0.339 e. The lowest BCUT2D eigenvalue weighted by atomic mass is 9.96. The second-order valence-electron chi connectivity index (χ2n) is 7.32. The highest BCUT2D eigenvalue weighted by molar-refractivity contribution is 6.31. The van der Waals surface area contributed by atoms with Crippen molar-refractivity contribution in [2.24, 2.45) is 0 Å². The first-order valence-corrected chi connectivity index (χ1v) is 9.96. The lowest BCUT2D eigenvalue weighted by Gasteiger charge is -2.30. The number of halogens is 2. The van der Waals surface area contributed by atoms with Crippen LogP contribution in [0.15, 0.2) is 47.0 Å². The van der Waals surface area contributed by atoms with E-state index in [9.17, 15) is 4.39 Å². The van der Waals surface area contributed by atoms with Crippen molar-refractivity contribution in [1.29, 1.82) is 5.26 Å². The first-order chi connectivity index (χ1) is 14.1. The summed E-state index contributed by atoms with van der Waals surface area (Å²) >= 11 is 6.09. The van der Waals surface area contributed by atoms with Crippen molar-refractivity contribution in [3.8, 4) is 6.07 Å². The second kappa shape index (κ2) is 8.73. The van der Waals surface area contributed by atoms with Crippen LogP contribution >= 0.6 is 11.6 Å². The van der Waals surface area contributed by atoms with E-state index in [0.29, 0.717) is 28.7 Å². The Morgan fingerprint density at radius 3 is 2.79 bits per heavy atom. The Hall–Kier alpha value is -2.75. The molecule has 1 aliphatic heterocycles. The maximum absolute atomic E-state index is 13.2. The monoisotopic (exact) mass is 410 g/mol. The summed E-state index contributed by atoms with van der Waals surface area (Å²) in [6, 6.07) is 14.2. The van der Waals surface area contributed by atoms with Gasteiger partial charge in [0.2, 0.25) is 5.89 Å². The lowest BCUT2D eigenvalue weighted by molar-refractivity contribution is 0.187. The molecular formula is C22H20ClFN4O. The molecule has 148 valence electrons. The van der Waals surface area contributed by atoms with Crippen molar-refractivity contribution < 1.29 is 8.91 Å². The van der Waals surface area contributed by atoms with Crippen LogP contribution in [-0.4, -0.2) is 28.1 Å². The molecule has 0 amide bonds. The van der Waals surface area contributed by atoms with E-state index in [1.807, 2.05) is 18.2 Å². The van der Waals surface area contributed by atoms with E-state index in [4.69, 9.17) is 21.4 Å². The maximum atomic E-state index is 13.2. The molecule has 0 spiro atoms. The van der Waals surface area contributed by atoms with Crippen LogP contribution in [0, 0.1) is 17.1 Å². The van der Waals surface area contributed by atoms with Gasteiger partial charge in [0.1, 0.15) is 5.82 Å². The van der Waals surface area contributed by atoms with E-state index in [1.165, 1.54) is 12.1 Å². The molecule has 1 aliphatic rings. The highest BCUT2D eigenvalue weighted by Crippen LogP contribution is 2.28. The molecule has 29 heavy (non-hydrogen) atoms. The van der Waals surface area contributed by atoms with Gasteiger partial charge in [0.25, 0.3) is 0 Å². The van der Waals surface area contributed by atoms with E-state index < -0.39 is 0 Å². The van der Waals surface area contributed by atoms with Crippen molar-refractivity contribution in [3.63, 3.8) is 0 Å². The first kappa shape index (κ1) is 19.6. The highest BCUT2D eigenvalue weighted by Gasteiger charge is 2.25. The molecule has 1 fully saturated rings. The Balaban J connectivity index is 1.34. The van der Waals surface area contributed by atoms with Gasteiger partial charge in [0, 0.05) is 23.9 Å². The number of nitriles is 1. The van der Waals surface area contributed by atoms with Crippen molar-refractivity contribution in [1.82, 2.24) is 15.0 Å². The van der Waals surface area contributed by atoms with Gasteiger partial charge in [-0.3, -0.25) is 4.90 Å². The van der Waals surface area contributed by atoms with Crippen LogP contribution < -0.4 is 0 Å². The third-order valence-electron chi connectivity index (χ3n) is 5.25. The second-order valence-corrected chi connectivity index (χ2v) is 7.73. The van der Waals surface area contributed by atoms with E-state index in [0.717, 1.165) is 43.6 Å². The number of hydrogen-bond acceptors (Lipinski definition) is 5. The molecule has 0 radical (unpaired) electrons. The molecule has 0 bridgehead atoms. The lowest BCUT2D eigenvalue weighted by Crippen LogP contribution is -2.32. The summed E-state index contributed by atoms with van der Waals surface area (Å²) in [7, 11) is 0. The molecule has 1 aromatic heterocycles. The molecule has 0 saturated carbocycles. The number of rotatable bonds is 5. The number of nitrogens with zero attached hydrogens (tertiary/aromatic N) is 4. The van der Waals surface area contributed by atoms with Gasteiger partial charge in [-0.15, -0.1) is 0 Å². The molecule has 0 N–H and O–H groups in total. The van der Waals surface area contributed by atoms with Gasteiger partial charge in [-0.05, 0) is 61.3 Å². The fourth-order valence-electron chi connectivity index (χ4n) is 3.68. The molecule has 5 nitrogen and oxygen atoms in total. The van der Waals surface area contributed by atoms with Gasteiger partial charge in [-0.2, -0.15) is 10.2 Å². The van der Waals surface area contributed by atoms with E-state index in [1.54, 1.807) is 6.07 Å². The normalized spacial score (nSPS) is 15.3. The average Bonchev–Trinajstić information content (AvgIpc) is 3.19. The zero-order chi connectivity index (χ0) is 20.2. The smallest absolute Gasteiger partial charge is 0.229 e. The molecule has 0 atom stereocenters. The number of piperidine rings is 1. The summed E-state index contributed by atoms with van der Waals surface area (Å²) < 4.78 is 18.7. The summed E-state index contributed by atoms with van der Waals surface area (Å²) in [5.74, 6) is 1.09. The number of hydrogen-bond donors (Lipinski definition) is 0. The summed E-state index contributed by atoms with van der Waals surface area (Å²) in [6.45, 7) is 2.70. The van der Waals surface area contributed by atoms with Gasteiger partial charge in [-0.25, -0.2) is 4.39 Å². The maximum Gasteiger partial charge on any atom is 0.229 e. The fourth-order valence-corrected chi connectivity index (χ4v) is 3.91. The summed E-state index contributed by atoms with van der Waals surface area (Å²) in [6.07, 6.45) is 2.30. The quantitative estimate of drug-likeness (QED) is 0.609. The third-order valence-corrected chi connectivity index (χ3v) is 5.60. The Labute approximate surface area is 173 Å². The van der Waals surface area contributed by atoms with Crippen LogP contribution in [0.3, 0.4) is 0 Å². The minimum atomic E-state index is -0.362. The van der Waals surface area contributed by atoms with Gasteiger partial charge in [0.15, 0.2) is 5.82 Å². The van der Waals surface area contributed by atoms with Gasteiger partial charge >= 0.3 is 0 Å². The van der Waals surface area contributed by atoms with Gasteiger partial charge < -0.3 is 4.52 Å². The topological polar surface area (TPSA) is 66.0 Å². The van der Waals surface area contributed by atoms with Crippen molar-refractivity contribution in [3.05, 3.63) is 81.7 Å². The highest BCUT2D eigenvalue weighted by atomic mass is 35.5. The number of likely N-dealkylation sites (tertiary alicyclic amines) is 1. The Kier molecular flexibility index (Phi) is 5.89. The molecule has 7 heteroatoms. The zero-order valence-corrected chi connectivity index (χ0v) is 16.6. The van der Waals surface area contributed by atoms with Crippen molar-refractivity contribution >= 4 is 11.6 Å². The summed E-state index contributed by atoms with van der Waals surface area (Å²) in [4.78, 5) is 6.92. The van der Waals surface area contributed by atoms with Crippen LogP contribution in [0.5, 0.6) is 0 Å². The van der Waals surface area contributed by atoms with Crippen LogP contribution in [-0.2, 0) is 13.0 Å². The molecule has 3 aromatic rings. The average molecular weight is 411 g/mol. The van der Waals surface area contributed by atoms with Gasteiger partial charge in [-0.1, -0.05) is 35.0 Å². The Bertz CT molecular complexity index is 1040. The summed E-state index contributed by atoms with van der Waals surface area (Å²) in [5, 5.41) is 13.5. The molecule has 1 saturated heterocycles. The zero-order valence-electron chi connectivity index (χ0n) is 15.8. The van der Waals surface area contributed by atoms with Crippen molar-refractivity contribution in [2.75, 3.05) is 13.1 Å². The molecule has 0 aliphatic carbocycles. The summed E-state index contributed by atoms with van der Waals surface area (Å²) in [5.41, 5.74) is 2.62. The Morgan fingerprint density at radius 2 is 2.03 bits per heavy atom. The SMILES string of the molecule is N#Cc1cccc(CN2CCC(c3nc(Cc4ccc(F)cc4Cl)no3)CC2)c1. The predicted molar refractivity (Wildman–Crippen MR) is 107 cm³/mol. The molecule has 0 unspecified atom stereocenters. The van der Waals surface area contributed by atoms with E-state index in [-0.39, 0.29) is 11.7 Å². The van der Waals surface area contributed by atoms with Crippen LogP contribution in [0.4, 0.5) is 4.39 Å². The standard InChI is InChI=1S/C22H20ClFN4O/c23-20-12-19(24)5-4-18(20)11-21-26-22(29-27-21)17-6-8-28(9-7-17)14-16-3-1-2-15(10-16)13-25/h1-5,10,12,17H,6-9,11,14H2. The minimum absolute atomic E-state index is 0.238. The third kappa shape index (κ3) is 4.81. The van der Waals surface area contributed by atoms with Crippen LogP contribution in [0.25, 0.3) is 0 Å². The molecule has 2 aromatic carbocycles. The predicted octanol–water partition coefficient (Wildman–Crippen LogP) is 4.70. The fraction of sp³-hybridized carbons (Fsp3) is 0.318. The molecule has 2 heterocycles. The van der Waals surface area contributed by atoms with Crippen LogP contribution in [0.2, 0.25) is 5.02 Å². The largest absolute Gasteiger partial charge is 0.339 e. The van der Waals surface area contributed by atoms with Crippen LogP contribution in [0.1, 0.15) is 47.2 Å².